The van der Waals surface area contributed by atoms with Crippen molar-refractivity contribution in [3.8, 4) is 0 Å². The average Bonchev–Trinajstić information content (AvgIpc) is 2.89. The van der Waals surface area contributed by atoms with Crippen LogP contribution >= 0.6 is 0 Å². The van der Waals surface area contributed by atoms with E-state index in [9.17, 15) is 27.6 Å². The molecule has 0 aromatic carbocycles. The third-order valence-electron chi connectivity index (χ3n) is 3.64. The van der Waals surface area contributed by atoms with E-state index in [2.05, 4.69) is 10.4 Å². The van der Waals surface area contributed by atoms with Crippen molar-refractivity contribution in [1.82, 2.24) is 24.6 Å². The molecule has 1 unspecified atom stereocenters. The first-order valence-electron chi connectivity index (χ1n) is 7.69. The second kappa shape index (κ2) is 7.18. The molecule has 1 amide bonds. The van der Waals surface area contributed by atoms with E-state index in [0.717, 1.165) is 21.5 Å². The molecule has 2 heterocycles. The Kier molecular flexibility index (Phi) is 5.38. The Bertz CT molecular complexity index is 926. The summed E-state index contributed by atoms with van der Waals surface area (Å²) in [4.78, 5) is 37.0. The molecular formula is C15H18F3N5O3. The van der Waals surface area contributed by atoms with Crippen LogP contribution in [0, 0.1) is 12.8 Å². The number of H-pyrrole nitrogens is 1. The van der Waals surface area contributed by atoms with Crippen molar-refractivity contribution in [3.05, 3.63) is 50.1 Å². The minimum atomic E-state index is -4.52. The highest BCUT2D eigenvalue weighted by molar-refractivity contribution is 5.93. The molecule has 0 bridgehead atoms. The second-order valence-corrected chi connectivity index (χ2v) is 6.08. The molecule has 0 aliphatic carbocycles. The lowest BCUT2D eigenvalue weighted by Crippen LogP contribution is -2.38. The number of hydrogen-bond acceptors (Lipinski definition) is 4. The first-order valence-corrected chi connectivity index (χ1v) is 7.69. The molecule has 8 nitrogen and oxygen atoms in total. The fourth-order valence-electron chi connectivity index (χ4n) is 2.36. The van der Waals surface area contributed by atoms with Gasteiger partial charge < -0.3 is 9.88 Å². The number of aryl methyl sites for hydroxylation is 2. The first kappa shape index (κ1) is 19.5. The molecule has 2 aromatic heterocycles. The van der Waals surface area contributed by atoms with E-state index in [1.165, 1.54) is 14.0 Å². The summed E-state index contributed by atoms with van der Waals surface area (Å²) < 4.78 is 40.8. The second-order valence-electron chi connectivity index (χ2n) is 6.08. The standard InChI is InChI=1S/C15H18F3N5O3/c1-8(6-23-11(15(16,17)18)4-9(2)21-23)5-19-12(24)10-7-22(3)14(26)20-13(10)25/h4,7-8H,5-6H2,1-3H3,(H,19,24)(H,20,25,26). The quantitative estimate of drug-likeness (QED) is 0.804. The van der Waals surface area contributed by atoms with Crippen LogP contribution in [0.5, 0.6) is 0 Å². The Hall–Kier alpha value is -2.85. The molecule has 0 spiro atoms. The van der Waals surface area contributed by atoms with Gasteiger partial charge in [-0.05, 0) is 18.9 Å². The van der Waals surface area contributed by atoms with Gasteiger partial charge in [0.25, 0.3) is 11.5 Å². The number of nitrogens with one attached hydrogen (secondary N) is 2. The van der Waals surface area contributed by atoms with Crippen LogP contribution in [0.25, 0.3) is 0 Å². The zero-order valence-corrected chi connectivity index (χ0v) is 14.3. The number of aromatic nitrogens is 4. The van der Waals surface area contributed by atoms with Crippen molar-refractivity contribution in [2.24, 2.45) is 13.0 Å². The van der Waals surface area contributed by atoms with E-state index in [-0.39, 0.29) is 30.3 Å². The summed E-state index contributed by atoms with van der Waals surface area (Å²) in [6.07, 6.45) is -3.42. The van der Waals surface area contributed by atoms with Crippen LogP contribution in [0.3, 0.4) is 0 Å². The van der Waals surface area contributed by atoms with Crippen LogP contribution in [0.15, 0.2) is 21.9 Å². The maximum atomic E-state index is 13.0. The van der Waals surface area contributed by atoms with Gasteiger partial charge in [0.1, 0.15) is 11.3 Å². The summed E-state index contributed by atoms with van der Waals surface area (Å²) >= 11 is 0. The molecule has 1 atom stereocenters. The van der Waals surface area contributed by atoms with Crippen molar-refractivity contribution in [2.75, 3.05) is 6.54 Å². The molecule has 0 aliphatic rings. The van der Waals surface area contributed by atoms with E-state index in [1.807, 2.05) is 4.98 Å². The topological polar surface area (TPSA) is 102 Å². The van der Waals surface area contributed by atoms with Crippen molar-refractivity contribution in [1.29, 1.82) is 0 Å². The van der Waals surface area contributed by atoms with Gasteiger partial charge in [-0.3, -0.25) is 19.3 Å². The lowest BCUT2D eigenvalue weighted by atomic mass is 10.1. The maximum absolute atomic E-state index is 13.0. The van der Waals surface area contributed by atoms with Crippen molar-refractivity contribution >= 4 is 5.91 Å². The Labute approximate surface area is 145 Å². The molecule has 0 radical (unpaired) electrons. The fraction of sp³-hybridized carbons (Fsp3) is 0.467. The van der Waals surface area contributed by atoms with E-state index in [1.54, 1.807) is 6.92 Å². The molecule has 11 heteroatoms. The molecule has 2 aromatic rings. The summed E-state index contributed by atoms with van der Waals surface area (Å²) in [6.45, 7) is 3.07. The number of hydrogen-bond donors (Lipinski definition) is 2. The highest BCUT2D eigenvalue weighted by Gasteiger charge is 2.35. The highest BCUT2D eigenvalue weighted by Crippen LogP contribution is 2.30. The normalized spacial score (nSPS) is 12.8. The van der Waals surface area contributed by atoms with Crippen LogP contribution < -0.4 is 16.6 Å². The number of nitrogens with zero attached hydrogens (tertiary/aromatic N) is 3. The Morgan fingerprint density at radius 3 is 2.65 bits per heavy atom. The molecule has 26 heavy (non-hydrogen) atoms. The Balaban J connectivity index is 2.05. The number of carbonyl (C=O) groups excluding carboxylic acids is 1. The minimum absolute atomic E-state index is 0.0251. The SMILES string of the molecule is Cc1cc(C(F)(F)F)n(CC(C)CNC(=O)c2cn(C)c(=O)[nH]c2=O)n1. The van der Waals surface area contributed by atoms with Gasteiger partial charge >= 0.3 is 11.9 Å². The Morgan fingerprint density at radius 1 is 1.38 bits per heavy atom. The van der Waals surface area contributed by atoms with E-state index >= 15 is 0 Å². The number of alkyl halides is 3. The van der Waals surface area contributed by atoms with Gasteiger partial charge in [0.05, 0.1) is 5.69 Å². The molecule has 2 rings (SSSR count). The molecule has 0 saturated carbocycles. The van der Waals surface area contributed by atoms with Gasteiger partial charge in [0.15, 0.2) is 0 Å². The van der Waals surface area contributed by atoms with E-state index in [0.29, 0.717) is 0 Å². The van der Waals surface area contributed by atoms with Crippen molar-refractivity contribution in [2.45, 2.75) is 26.6 Å². The van der Waals surface area contributed by atoms with Gasteiger partial charge in [0, 0.05) is 26.3 Å². The number of amides is 1. The van der Waals surface area contributed by atoms with Crippen molar-refractivity contribution in [3.63, 3.8) is 0 Å². The highest BCUT2D eigenvalue weighted by atomic mass is 19.4. The van der Waals surface area contributed by atoms with Crippen molar-refractivity contribution < 1.29 is 18.0 Å². The molecule has 0 fully saturated rings. The van der Waals surface area contributed by atoms with Gasteiger partial charge in [-0.1, -0.05) is 6.92 Å². The van der Waals surface area contributed by atoms with Gasteiger partial charge in [-0.25, -0.2) is 4.79 Å². The third-order valence-corrected chi connectivity index (χ3v) is 3.64. The lowest BCUT2D eigenvalue weighted by molar-refractivity contribution is -0.144. The van der Waals surface area contributed by atoms with Gasteiger partial charge in [-0.15, -0.1) is 0 Å². The largest absolute Gasteiger partial charge is 0.433 e. The minimum Gasteiger partial charge on any atom is -0.351 e. The summed E-state index contributed by atoms with van der Waals surface area (Å²) in [5.74, 6) is -1.10. The van der Waals surface area contributed by atoms with Gasteiger partial charge in [-0.2, -0.15) is 18.3 Å². The summed E-state index contributed by atoms with van der Waals surface area (Å²) in [6, 6.07) is 0.954. The smallest absolute Gasteiger partial charge is 0.351 e. The number of aromatic amines is 1. The predicted octanol–water partition coefficient (Wildman–Crippen LogP) is 0.663. The summed E-state index contributed by atoms with van der Waals surface area (Å²) in [5, 5.41) is 6.30. The summed E-state index contributed by atoms with van der Waals surface area (Å²) in [5.41, 5.74) is -2.37. The third kappa shape index (κ3) is 4.41. The zero-order chi connectivity index (χ0) is 19.6. The van der Waals surface area contributed by atoms with Crippen LogP contribution in [0.4, 0.5) is 13.2 Å². The first-order chi connectivity index (χ1) is 12.0. The monoisotopic (exact) mass is 373 g/mol. The van der Waals surface area contributed by atoms with Crippen LogP contribution in [0.2, 0.25) is 0 Å². The van der Waals surface area contributed by atoms with Gasteiger partial charge in [0.2, 0.25) is 0 Å². The molecule has 2 N–H and O–H groups in total. The molecule has 0 saturated heterocycles. The lowest BCUT2D eigenvalue weighted by Gasteiger charge is -2.16. The van der Waals surface area contributed by atoms with Crippen LogP contribution in [0.1, 0.15) is 28.7 Å². The molecule has 0 aliphatic heterocycles. The number of halogens is 3. The zero-order valence-electron chi connectivity index (χ0n) is 14.3. The predicted molar refractivity (Wildman–Crippen MR) is 85.8 cm³/mol. The van der Waals surface area contributed by atoms with E-state index < -0.39 is 29.0 Å². The summed E-state index contributed by atoms with van der Waals surface area (Å²) in [7, 11) is 1.37. The number of rotatable bonds is 5. The van der Waals surface area contributed by atoms with Crippen LogP contribution in [-0.2, 0) is 19.8 Å². The fourth-order valence-corrected chi connectivity index (χ4v) is 2.36. The molecular weight excluding hydrogens is 355 g/mol. The van der Waals surface area contributed by atoms with E-state index in [4.69, 9.17) is 0 Å². The average molecular weight is 373 g/mol. The number of carbonyl (C=O) groups is 1. The maximum Gasteiger partial charge on any atom is 0.433 e. The molecule has 142 valence electrons. The Morgan fingerprint density at radius 2 is 2.04 bits per heavy atom. The van der Waals surface area contributed by atoms with Crippen LogP contribution in [-0.4, -0.2) is 31.8 Å².